The lowest BCUT2D eigenvalue weighted by Gasteiger charge is -2.31. The van der Waals surface area contributed by atoms with Crippen LogP contribution in [0.1, 0.15) is 38.8 Å². The fourth-order valence-electron chi connectivity index (χ4n) is 1.80. The number of amides is 1. The first-order valence-corrected chi connectivity index (χ1v) is 5.97. The van der Waals surface area contributed by atoms with Crippen LogP contribution in [0.5, 0.6) is 0 Å². The number of benzene rings is 1. The Bertz CT molecular complexity index is 463. The standard InChI is InChI=1S/C14H18FNO3/c1-14(2,3)13(16-11(17)8-12(18)19)9-4-6-10(15)7-5-9/h4-7,13H,8H2,1-3H3,(H,16,17)(H,18,19). The summed E-state index contributed by atoms with van der Waals surface area (Å²) in [5.74, 6) is -2.09. The second kappa shape index (κ2) is 5.82. The number of nitrogens with one attached hydrogen (secondary N) is 1. The van der Waals surface area contributed by atoms with E-state index < -0.39 is 18.3 Å². The zero-order valence-electron chi connectivity index (χ0n) is 11.2. The Labute approximate surface area is 111 Å². The molecule has 19 heavy (non-hydrogen) atoms. The molecule has 0 spiro atoms. The maximum absolute atomic E-state index is 12.9. The van der Waals surface area contributed by atoms with E-state index in [-0.39, 0.29) is 17.3 Å². The summed E-state index contributed by atoms with van der Waals surface area (Å²) < 4.78 is 12.9. The first kappa shape index (κ1) is 15.1. The monoisotopic (exact) mass is 267 g/mol. The molecule has 0 aliphatic heterocycles. The minimum absolute atomic E-state index is 0.313. The average Bonchev–Trinajstić information content (AvgIpc) is 2.25. The van der Waals surface area contributed by atoms with Crippen LogP contribution in [-0.4, -0.2) is 17.0 Å². The molecule has 0 saturated heterocycles. The third-order valence-electron chi connectivity index (χ3n) is 2.69. The Morgan fingerprint density at radius 2 is 1.79 bits per heavy atom. The van der Waals surface area contributed by atoms with E-state index in [0.29, 0.717) is 0 Å². The third-order valence-corrected chi connectivity index (χ3v) is 2.69. The van der Waals surface area contributed by atoms with Gasteiger partial charge in [0, 0.05) is 0 Å². The van der Waals surface area contributed by atoms with Crippen molar-refractivity contribution in [2.24, 2.45) is 5.41 Å². The lowest BCUT2D eigenvalue weighted by Crippen LogP contribution is -2.37. The fraction of sp³-hybridized carbons (Fsp3) is 0.429. The normalized spacial score (nSPS) is 12.8. The van der Waals surface area contributed by atoms with Crippen LogP contribution < -0.4 is 5.32 Å². The van der Waals surface area contributed by atoms with Crippen molar-refractivity contribution in [3.05, 3.63) is 35.6 Å². The Hall–Kier alpha value is -1.91. The van der Waals surface area contributed by atoms with Gasteiger partial charge in [-0.2, -0.15) is 0 Å². The Balaban J connectivity index is 2.93. The van der Waals surface area contributed by atoms with Gasteiger partial charge in [-0.1, -0.05) is 32.9 Å². The summed E-state index contributed by atoms with van der Waals surface area (Å²) >= 11 is 0. The van der Waals surface area contributed by atoms with Crippen LogP contribution >= 0.6 is 0 Å². The Morgan fingerprint density at radius 1 is 1.26 bits per heavy atom. The van der Waals surface area contributed by atoms with E-state index in [1.165, 1.54) is 12.1 Å². The lowest BCUT2D eigenvalue weighted by atomic mass is 9.82. The molecule has 1 rings (SSSR count). The molecule has 0 aromatic heterocycles. The van der Waals surface area contributed by atoms with Crippen LogP contribution in [0.15, 0.2) is 24.3 Å². The van der Waals surface area contributed by atoms with Gasteiger partial charge in [0.05, 0.1) is 6.04 Å². The SMILES string of the molecule is CC(C)(C)C(NC(=O)CC(=O)O)c1ccc(F)cc1. The smallest absolute Gasteiger partial charge is 0.312 e. The van der Waals surface area contributed by atoms with Gasteiger partial charge < -0.3 is 10.4 Å². The zero-order chi connectivity index (χ0) is 14.6. The molecule has 1 aromatic carbocycles. The molecule has 0 bridgehead atoms. The molecule has 1 amide bonds. The van der Waals surface area contributed by atoms with Gasteiger partial charge in [0.2, 0.25) is 5.91 Å². The predicted octanol–water partition coefficient (Wildman–Crippen LogP) is 2.50. The molecule has 0 aliphatic carbocycles. The van der Waals surface area contributed by atoms with E-state index >= 15 is 0 Å². The molecule has 0 radical (unpaired) electrons. The van der Waals surface area contributed by atoms with Gasteiger partial charge >= 0.3 is 5.97 Å². The van der Waals surface area contributed by atoms with Crippen LogP contribution in [-0.2, 0) is 9.59 Å². The van der Waals surface area contributed by atoms with Crippen LogP contribution in [0.3, 0.4) is 0 Å². The number of aliphatic carboxylic acids is 1. The summed E-state index contributed by atoms with van der Waals surface area (Å²) in [6, 6.07) is 5.44. The number of halogens is 1. The summed E-state index contributed by atoms with van der Waals surface area (Å²) in [5.41, 5.74) is 0.430. The molecule has 5 heteroatoms. The van der Waals surface area contributed by atoms with E-state index in [9.17, 15) is 14.0 Å². The number of rotatable bonds is 4. The number of carbonyl (C=O) groups excluding carboxylic acids is 1. The highest BCUT2D eigenvalue weighted by molar-refractivity contribution is 5.93. The molecule has 104 valence electrons. The van der Waals surface area contributed by atoms with Crippen molar-refractivity contribution in [1.82, 2.24) is 5.32 Å². The van der Waals surface area contributed by atoms with Gasteiger partial charge in [0.15, 0.2) is 0 Å². The van der Waals surface area contributed by atoms with Crippen LogP contribution in [0.25, 0.3) is 0 Å². The summed E-state index contributed by atoms with van der Waals surface area (Å²) in [7, 11) is 0. The van der Waals surface area contributed by atoms with Gasteiger partial charge in [0.1, 0.15) is 12.2 Å². The number of carboxylic acid groups (broad SMARTS) is 1. The molecule has 0 heterocycles. The van der Waals surface area contributed by atoms with Gasteiger partial charge in [-0.3, -0.25) is 9.59 Å². The topological polar surface area (TPSA) is 66.4 Å². The molecule has 0 fully saturated rings. The van der Waals surface area contributed by atoms with Crippen molar-refractivity contribution >= 4 is 11.9 Å². The van der Waals surface area contributed by atoms with E-state index in [1.807, 2.05) is 20.8 Å². The molecule has 0 saturated carbocycles. The molecule has 0 aliphatic rings. The van der Waals surface area contributed by atoms with Gasteiger partial charge in [-0.05, 0) is 23.1 Å². The van der Waals surface area contributed by atoms with Crippen LogP contribution in [0, 0.1) is 11.2 Å². The summed E-state index contributed by atoms with van der Waals surface area (Å²) in [5, 5.41) is 11.3. The highest BCUT2D eigenvalue weighted by atomic mass is 19.1. The summed E-state index contributed by atoms with van der Waals surface area (Å²) in [4.78, 5) is 22.1. The van der Waals surface area contributed by atoms with Crippen LogP contribution in [0.2, 0.25) is 0 Å². The summed E-state index contributed by atoms with van der Waals surface area (Å²) in [6.45, 7) is 5.76. The van der Waals surface area contributed by atoms with Crippen molar-refractivity contribution in [1.29, 1.82) is 0 Å². The molecule has 1 atom stereocenters. The van der Waals surface area contributed by atoms with Gasteiger partial charge in [-0.15, -0.1) is 0 Å². The molecular weight excluding hydrogens is 249 g/mol. The zero-order valence-corrected chi connectivity index (χ0v) is 11.2. The molecule has 4 nitrogen and oxygen atoms in total. The second-order valence-corrected chi connectivity index (χ2v) is 5.49. The van der Waals surface area contributed by atoms with E-state index in [0.717, 1.165) is 5.56 Å². The van der Waals surface area contributed by atoms with Crippen LogP contribution in [0.4, 0.5) is 4.39 Å². The van der Waals surface area contributed by atoms with E-state index in [1.54, 1.807) is 12.1 Å². The quantitative estimate of drug-likeness (QED) is 0.824. The molecule has 1 unspecified atom stereocenters. The summed E-state index contributed by atoms with van der Waals surface area (Å²) in [6.07, 6.45) is -0.576. The predicted molar refractivity (Wildman–Crippen MR) is 69.0 cm³/mol. The number of carboxylic acids is 1. The highest BCUT2D eigenvalue weighted by Gasteiger charge is 2.28. The average molecular weight is 267 g/mol. The third kappa shape index (κ3) is 4.69. The van der Waals surface area contributed by atoms with Crippen molar-refractivity contribution in [2.75, 3.05) is 0 Å². The maximum atomic E-state index is 12.9. The lowest BCUT2D eigenvalue weighted by molar-refractivity contribution is -0.141. The number of hydrogen-bond acceptors (Lipinski definition) is 2. The Kier molecular flexibility index (Phi) is 4.64. The first-order chi connectivity index (χ1) is 8.70. The minimum atomic E-state index is -1.18. The highest BCUT2D eigenvalue weighted by Crippen LogP contribution is 2.32. The second-order valence-electron chi connectivity index (χ2n) is 5.49. The van der Waals surface area contributed by atoms with Gasteiger partial charge in [-0.25, -0.2) is 4.39 Å². The minimum Gasteiger partial charge on any atom is -0.481 e. The van der Waals surface area contributed by atoms with Crippen molar-refractivity contribution in [2.45, 2.75) is 33.2 Å². The van der Waals surface area contributed by atoms with E-state index in [2.05, 4.69) is 5.32 Å². The van der Waals surface area contributed by atoms with Gasteiger partial charge in [0.25, 0.3) is 0 Å². The maximum Gasteiger partial charge on any atom is 0.312 e. The van der Waals surface area contributed by atoms with Crippen molar-refractivity contribution < 1.29 is 19.1 Å². The van der Waals surface area contributed by atoms with Crippen molar-refractivity contribution in [3.63, 3.8) is 0 Å². The fourth-order valence-corrected chi connectivity index (χ4v) is 1.80. The molecule has 1 aromatic rings. The largest absolute Gasteiger partial charge is 0.481 e. The number of hydrogen-bond donors (Lipinski definition) is 2. The number of carbonyl (C=O) groups is 2. The van der Waals surface area contributed by atoms with E-state index in [4.69, 9.17) is 5.11 Å². The first-order valence-electron chi connectivity index (χ1n) is 5.97. The molecule has 2 N–H and O–H groups in total. The Morgan fingerprint density at radius 3 is 2.21 bits per heavy atom. The van der Waals surface area contributed by atoms with Crippen molar-refractivity contribution in [3.8, 4) is 0 Å². The molecular formula is C14H18FNO3.